The standard InChI is InChI=1S/C11H17N3O3/c1-14-7-10(6-12-14)17-8-11(15)13-9-2-4-16-5-3-9/h6-7,9H,2-5,8H2,1H3,(H,13,15). The topological polar surface area (TPSA) is 65.4 Å². The smallest absolute Gasteiger partial charge is 0.258 e. The maximum Gasteiger partial charge on any atom is 0.258 e. The molecule has 1 aliphatic rings. The molecular formula is C11H17N3O3. The minimum atomic E-state index is -0.0965. The molecular weight excluding hydrogens is 222 g/mol. The van der Waals surface area contributed by atoms with Gasteiger partial charge in [-0.25, -0.2) is 0 Å². The first-order valence-electron chi connectivity index (χ1n) is 5.72. The monoisotopic (exact) mass is 239 g/mol. The molecule has 1 N–H and O–H groups in total. The van der Waals surface area contributed by atoms with Gasteiger partial charge in [0.1, 0.15) is 0 Å². The lowest BCUT2D eigenvalue weighted by Gasteiger charge is -2.22. The van der Waals surface area contributed by atoms with Crippen molar-refractivity contribution in [2.24, 2.45) is 7.05 Å². The Labute approximate surface area is 99.9 Å². The Kier molecular flexibility index (Phi) is 3.98. The van der Waals surface area contributed by atoms with Gasteiger partial charge in [-0.15, -0.1) is 0 Å². The number of aromatic nitrogens is 2. The Hall–Kier alpha value is -1.56. The second-order valence-corrected chi connectivity index (χ2v) is 4.09. The minimum Gasteiger partial charge on any atom is -0.480 e. The summed E-state index contributed by atoms with van der Waals surface area (Å²) in [6, 6.07) is 0.216. The predicted octanol–water partition coefficient (Wildman–Crippen LogP) is 0.0941. The van der Waals surface area contributed by atoms with E-state index in [4.69, 9.17) is 9.47 Å². The van der Waals surface area contributed by atoms with E-state index < -0.39 is 0 Å². The molecule has 1 aromatic rings. The normalized spacial score (nSPS) is 16.8. The van der Waals surface area contributed by atoms with Gasteiger partial charge in [-0.1, -0.05) is 0 Å². The highest BCUT2D eigenvalue weighted by Gasteiger charge is 2.16. The molecule has 1 fully saturated rings. The Morgan fingerprint density at radius 3 is 3.06 bits per heavy atom. The number of ether oxygens (including phenoxy) is 2. The van der Waals surface area contributed by atoms with Gasteiger partial charge >= 0.3 is 0 Å². The molecule has 2 heterocycles. The Bertz CT molecular complexity index is 372. The van der Waals surface area contributed by atoms with Crippen LogP contribution in [0.2, 0.25) is 0 Å². The molecule has 94 valence electrons. The van der Waals surface area contributed by atoms with Gasteiger partial charge in [0.25, 0.3) is 5.91 Å². The SMILES string of the molecule is Cn1cc(OCC(=O)NC2CCOCC2)cn1. The van der Waals surface area contributed by atoms with Gasteiger partial charge < -0.3 is 14.8 Å². The van der Waals surface area contributed by atoms with Crippen molar-refractivity contribution < 1.29 is 14.3 Å². The van der Waals surface area contributed by atoms with Crippen LogP contribution in [-0.4, -0.2) is 41.6 Å². The molecule has 1 amide bonds. The van der Waals surface area contributed by atoms with Crippen LogP contribution in [-0.2, 0) is 16.6 Å². The Morgan fingerprint density at radius 1 is 1.65 bits per heavy atom. The molecule has 1 aliphatic heterocycles. The highest BCUT2D eigenvalue weighted by Crippen LogP contribution is 2.08. The second kappa shape index (κ2) is 5.67. The fourth-order valence-corrected chi connectivity index (χ4v) is 1.73. The van der Waals surface area contributed by atoms with Crippen molar-refractivity contribution in [2.45, 2.75) is 18.9 Å². The number of aryl methyl sites for hydroxylation is 1. The third-order valence-corrected chi connectivity index (χ3v) is 2.64. The third-order valence-electron chi connectivity index (χ3n) is 2.64. The molecule has 2 rings (SSSR count). The highest BCUT2D eigenvalue weighted by atomic mass is 16.5. The summed E-state index contributed by atoms with van der Waals surface area (Å²) >= 11 is 0. The average Bonchev–Trinajstić information content (AvgIpc) is 2.74. The largest absolute Gasteiger partial charge is 0.480 e. The van der Waals surface area contributed by atoms with Gasteiger partial charge in [-0.2, -0.15) is 5.10 Å². The minimum absolute atomic E-state index is 0.0308. The maximum absolute atomic E-state index is 11.6. The van der Waals surface area contributed by atoms with Gasteiger partial charge in [0.05, 0.1) is 12.4 Å². The fraction of sp³-hybridized carbons (Fsp3) is 0.636. The van der Waals surface area contributed by atoms with Crippen LogP contribution in [0.1, 0.15) is 12.8 Å². The molecule has 6 nitrogen and oxygen atoms in total. The lowest BCUT2D eigenvalue weighted by Crippen LogP contribution is -2.41. The first kappa shape index (κ1) is 11.9. The molecule has 1 saturated heterocycles. The summed E-state index contributed by atoms with van der Waals surface area (Å²) in [7, 11) is 1.80. The maximum atomic E-state index is 11.6. The number of hydrogen-bond acceptors (Lipinski definition) is 4. The predicted molar refractivity (Wildman–Crippen MR) is 60.7 cm³/mol. The quantitative estimate of drug-likeness (QED) is 0.809. The summed E-state index contributed by atoms with van der Waals surface area (Å²) in [4.78, 5) is 11.6. The molecule has 17 heavy (non-hydrogen) atoms. The molecule has 0 atom stereocenters. The molecule has 0 bridgehead atoms. The highest BCUT2D eigenvalue weighted by molar-refractivity contribution is 5.77. The number of carbonyl (C=O) groups is 1. The molecule has 6 heteroatoms. The Morgan fingerprint density at radius 2 is 2.41 bits per heavy atom. The lowest BCUT2D eigenvalue weighted by molar-refractivity contribution is -0.124. The van der Waals surface area contributed by atoms with E-state index in [2.05, 4.69) is 10.4 Å². The fourth-order valence-electron chi connectivity index (χ4n) is 1.73. The summed E-state index contributed by atoms with van der Waals surface area (Å²) in [5, 5.41) is 6.88. The molecule has 0 spiro atoms. The van der Waals surface area contributed by atoms with Gasteiger partial charge in [-0.05, 0) is 12.8 Å². The van der Waals surface area contributed by atoms with Crippen LogP contribution in [0.5, 0.6) is 5.75 Å². The van der Waals surface area contributed by atoms with Crippen molar-refractivity contribution in [3.8, 4) is 5.75 Å². The van der Waals surface area contributed by atoms with Crippen LogP contribution < -0.4 is 10.1 Å². The number of carbonyl (C=O) groups excluding carboxylic acids is 1. The van der Waals surface area contributed by atoms with E-state index >= 15 is 0 Å². The number of amides is 1. The second-order valence-electron chi connectivity index (χ2n) is 4.09. The zero-order chi connectivity index (χ0) is 12.1. The van der Waals surface area contributed by atoms with Gasteiger partial charge in [0.2, 0.25) is 0 Å². The summed E-state index contributed by atoms with van der Waals surface area (Å²) < 4.78 is 12.2. The van der Waals surface area contributed by atoms with Gasteiger partial charge in [0, 0.05) is 26.3 Å². The summed E-state index contributed by atoms with van der Waals surface area (Å²) in [6.07, 6.45) is 5.06. The van der Waals surface area contributed by atoms with Crippen LogP contribution >= 0.6 is 0 Å². The van der Waals surface area contributed by atoms with Crippen LogP contribution in [0.25, 0.3) is 0 Å². The summed E-state index contributed by atoms with van der Waals surface area (Å²) in [5.41, 5.74) is 0. The van der Waals surface area contributed by atoms with Crippen molar-refractivity contribution in [1.29, 1.82) is 0 Å². The first-order chi connectivity index (χ1) is 8.24. The summed E-state index contributed by atoms with van der Waals surface area (Å²) in [5.74, 6) is 0.510. The van der Waals surface area contributed by atoms with Crippen LogP contribution in [0, 0.1) is 0 Å². The van der Waals surface area contributed by atoms with E-state index in [-0.39, 0.29) is 18.6 Å². The lowest BCUT2D eigenvalue weighted by atomic mass is 10.1. The van der Waals surface area contributed by atoms with Gasteiger partial charge in [-0.3, -0.25) is 9.48 Å². The molecule has 0 saturated carbocycles. The number of hydrogen-bond donors (Lipinski definition) is 1. The molecule has 1 aromatic heterocycles. The van der Waals surface area contributed by atoms with E-state index in [1.54, 1.807) is 24.1 Å². The van der Waals surface area contributed by atoms with Crippen molar-refractivity contribution >= 4 is 5.91 Å². The van der Waals surface area contributed by atoms with E-state index in [0.717, 1.165) is 12.8 Å². The zero-order valence-electron chi connectivity index (χ0n) is 9.89. The number of rotatable bonds is 4. The molecule has 0 unspecified atom stereocenters. The van der Waals surface area contributed by atoms with E-state index in [9.17, 15) is 4.79 Å². The zero-order valence-corrected chi connectivity index (χ0v) is 9.89. The number of nitrogens with zero attached hydrogens (tertiary/aromatic N) is 2. The van der Waals surface area contributed by atoms with E-state index in [0.29, 0.717) is 19.0 Å². The van der Waals surface area contributed by atoms with Crippen LogP contribution in [0.15, 0.2) is 12.4 Å². The van der Waals surface area contributed by atoms with Gasteiger partial charge in [0.15, 0.2) is 12.4 Å². The average molecular weight is 239 g/mol. The third kappa shape index (κ3) is 3.74. The van der Waals surface area contributed by atoms with E-state index in [1.807, 2.05) is 0 Å². The van der Waals surface area contributed by atoms with Crippen molar-refractivity contribution in [1.82, 2.24) is 15.1 Å². The van der Waals surface area contributed by atoms with Crippen LogP contribution in [0.3, 0.4) is 0 Å². The van der Waals surface area contributed by atoms with E-state index in [1.165, 1.54) is 0 Å². The van der Waals surface area contributed by atoms with Crippen molar-refractivity contribution in [2.75, 3.05) is 19.8 Å². The molecule has 0 aliphatic carbocycles. The van der Waals surface area contributed by atoms with Crippen molar-refractivity contribution in [3.63, 3.8) is 0 Å². The molecule has 0 radical (unpaired) electrons. The molecule has 0 aromatic carbocycles. The van der Waals surface area contributed by atoms with Crippen LogP contribution in [0.4, 0.5) is 0 Å². The number of nitrogens with one attached hydrogen (secondary N) is 1. The van der Waals surface area contributed by atoms with Crippen molar-refractivity contribution in [3.05, 3.63) is 12.4 Å². The Balaban J connectivity index is 1.70. The summed E-state index contributed by atoms with van der Waals surface area (Å²) in [6.45, 7) is 1.46. The first-order valence-corrected chi connectivity index (χ1v) is 5.72.